The highest BCUT2D eigenvalue weighted by molar-refractivity contribution is 7.99. The molecule has 0 bridgehead atoms. The van der Waals surface area contributed by atoms with Gasteiger partial charge in [-0.3, -0.25) is 0 Å². The van der Waals surface area contributed by atoms with Crippen molar-refractivity contribution in [2.75, 3.05) is 12.4 Å². The van der Waals surface area contributed by atoms with E-state index in [1.54, 1.807) is 17.8 Å². The van der Waals surface area contributed by atoms with Crippen LogP contribution in [0.5, 0.6) is 0 Å². The smallest absolute Gasteiger partial charge is 0.123 e. The van der Waals surface area contributed by atoms with Crippen molar-refractivity contribution in [3.8, 4) is 0 Å². The molecule has 2 N–H and O–H groups in total. The first-order valence-corrected chi connectivity index (χ1v) is 6.87. The highest BCUT2D eigenvalue weighted by Gasteiger charge is 2.05. The highest BCUT2D eigenvalue weighted by atomic mass is 32.2. The molecule has 0 spiro atoms. The van der Waals surface area contributed by atoms with Crippen LogP contribution in [-0.4, -0.2) is 23.5 Å². The summed E-state index contributed by atoms with van der Waals surface area (Å²) in [5.41, 5.74) is 0.988. The summed E-state index contributed by atoms with van der Waals surface area (Å²) in [7, 11) is 0. The number of thioether (sulfide) groups is 1. The van der Waals surface area contributed by atoms with Crippen LogP contribution in [-0.2, 0) is 6.54 Å². The van der Waals surface area contributed by atoms with E-state index in [0.29, 0.717) is 12.6 Å². The molecule has 2 nitrogen and oxygen atoms in total. The van der Waals surface area contributed by atoms with E-state index in [-0.39, 0.29) is 12.4 Å². The number of halogens is 1. The third kappa shape index (κ3) is 5.52. The van der Waals surface area contributed by atoms with Gasteiger partial charge in [-0.1, -0.05) is 13.8 Å². The molecule has 0 fully saturated rings. The lowest BCUT2D eigenvalue weighted by Crippen LogP contribution is -2.22. The molecular formula is C13H20FNOS. The second-order valence-electron chi connectivity index (χ2n) is 4.21. The molecule has 0 aliphatic rings. The zero-order valence-electron chi connectivity index (χ0n) is 10.4. The summed E-state index contributed by atoms with van der Waals surface area (Å²) >= 11 is 1.67. The van der Waals surface area contributed by atoms with Crippen LogP contribution in [0.1, 0.15) is 25.8 Å². The van der Waals surface area contributed by atoms with Gasteiger partial charge in [0.1, 0.15) is 5.82 Å². The van der Waals surface area contributed by atoms with Gasteiger partial charge in [0.15, 0.2) is 0 Å². The minimum atomic E-state index is -0.197. The Morgan fingerprint density at radius 2 is 2.18 bits per heavy atom. The standard InChI is InChI=1S/C13H20FNOS/c1-10(2)15-9-11-8-12(14)4-5-13(11)17-7-3-6-16/h4-5,8,10,15-16H,3,6-7,9H2,1-2H3. The normalized spacial score (nSPS) is 11.1. The van der Waals surface area contributed by atoms with Crippen LogP contribution in [0.4, 0.5) is 4.39 Å². The monoisotopic (exact) mass is 257 g/mol. The fourth-order valence-electron chi connectivity index (χ4n) is 1.39. The number of hydrogen-bond acceptors (Lipinski definition) is 3. The molecule has 0 saturated heterocycles. The van der Waals surface area contributed by atoms with Crippen molar-refractivity contribution in [3.63, 3.8) is 0 Å². The van der Waals surface area contributed by atoms with Crippen molar-refractivity contribution in [1.82, 2.24) is 5.32 Å². The lowest BCUT2D eigenvalue weighted by atomic mass is 10.2. The fraction of sp³-hybridized carbons (Fsp3) is 0.538. The quantitative estimate of drug-likeness (QED) is 0.582. The number of nitrogens with one attached hydrogen (secondary N) is 1. The Bertz CT molecular complexity index is 344. The van der Waals surface area contributed by atoms with Crippen molar-refractivity contribution in [2.45, 2.75) is 37.8 Å². The zero-order chi connectivity index (χ0) is 12.7. The molecule has 1 aromatic rings. The maximum atomic E-state index is 13.2. The third-order valence-electron chi connectivity index (χ3n) is 2.28. The summed E-state index contributed by atoms with van der Waals surface area (Å²) in [6, 6.07) is 5.26. The summed E-state index contributed by atoms with van der Waals surface area (Å²) in [4.78, 5) is 1.09. The molecule has 1 rings (SSSR count). The van der Waals surface area contributed by atoms with E-state index >= 15 is 0 Å². The van der Waals surface area contributed by atoms with Gasteiger partial charge in [-0.05, 0) is 30.2 Å². The summed E-state index contributed by atoms with van der Waals surface area (Å²) in [5, 5.41) is 12.0. The van der Waals surface area contributed by atoms with Crippen LogP contribution in [0, 0.1) is 5.82 Å². The lowest BCUT2D eigenvalue weighted by molar-refractivity contribution is 0.296. The summed E-state index contributed by atoms with van der Waals surface area (Å²) < 4.78 is 13.2. The van der Waals surface area contributed by atoms with Crippen molar-refractivity contribution < 1.29 is 9.50 Å². The molecule has 96 valence electrons. The molecule has 0 amide bonds. The van der Waals surface area contributed by atoms with Crippen molar-refractivity contribution >= 4 is 11.8 Å². The van der Waals surface area contributed by atoms with E-state index in [9.17, 15) is 4.39 Å². The first-order chi connectivity index (χ1) is 8.13. The molecule has 0 aliphatic carbocycles. The average Bonchev–Trinajstić information content (AvgIpc) is 2.29. The molecule has 0 radical (unpaired) electrons. The Kier molecular flexibility index (Phi) is 6.55. The van der Waals surface area contributed by atoms with E-state index in [1.165, 1.54) is 6.07 Å². The first-order valence-electron chi connectivity index (χ1n) is 5.89. The minimum absolute atomic E-state index is 0.197. The largest absolute Gasteiger partial charge is 0.396 e. The Hall–Kier alpha value is -0.580. The topological polar surface area (TPSA) is 32.3 Å². The Labute approximate surface area is 107 Å². The molecular weight excluding hydrogens is 237 g/mol. The Morgan fingerprint density at radius 3 is 2.82 bits per heavy atom. The highest BCUT2D eigenvalue weighted by Crippen LogP contribution is 2.24. The molecule has 0 aliphatic heterocycles. The van der Waals surface area contributed by atoms with Crippen LogP contribution in [0.25, 0.3) is 0 Å². The Balaban J connectivity index is 2.66. The number of hydrogen-bond donors (Lipinski definition) is 2. The molecule has 0 aromatic heterocycles. The van der Waals surface area contributed by atoms with Gasteiger partial charge in [0.2, 0.25) is 0 Å². The third-order valence-corrected chi connectivity index (χ3v) is 3.49. The van der Waals surface area contributed by atoms with Crippen LogP contribution in [0.3, 0.4) is 0 Å². The second-order valence-corrected chi connectivity index (χ2v) is 5.35. The van der Waals surface area contributed by atoms with Gasteiger partial charge >= 0.3 is 0 Å². The van der Waals surface area contributed by atoms with E-state index in [0.717, 1.165) is 22.6 Å². The van der Waals surface area contributed by atoms with Crippen LogP contribution < -0.4 is 5.32 Å². The van der Waals surface area contributed by atoms with Crippen LogP contribution >= 0.6 is 11.8 Å². The number of aliphatic hydroxyl groups excluding tert-OH is 1. The van der Waals surface area contributed by atoms with Gasteiger partial charge in [-0.15, -0.1) is 11.8 Å². The predicted molar refractivity (Wildman–Crippen MR) is 70.8 cm³/mol. The molecule has 0 atom stereocenters. The molecule has 4 heteroatoms. The minimum Gasteiger partial charge on any atom is -0.396 e. The molecule has 0 unspecified atom stereocenters. The van der Waals surface area contributed by atoms with Gasteiger partial charge in [0.05, 0.1) is 0 Å². The maximum absolute atomic E-state index is 13.2. The maximum Gasteiger partial charge on any atom is 0.123 e. The Morgan fingerprint density at radius 1 is 1.41 bits per heavy atom. The molecule has 0 saturated carbocycles. The van der Waals surface area contributed by atoms with Gasteiger partial charge in [0, 0.05) is 29.8 Å². The molecule has 0 heterocycles. The van der Waals surface area contributed by atoms with E-state index in [1.807, 2.05) is 6.07 Å². The van der Waals surface area contributed by atoms with Crippen LogP contribution in [0.15, 0.2) is 23.1 Å². The van der Waals surface area contributed by atoms with Gasteiger partial charge in [-0.25, -0.2) is 4.39 Å². The summed E-state index contributed by atoms with van der Waals surface area (Å²) in [6.45, 7) is 5.01. The fourth-order valence-corrected chi connectivity index (χ4v) is 2.36. The molecule has 1 aromatic carbocycles. The van der Waals surface area contributed by atoms with Gasteiger partial charge in [0.25, 0.3) is 0 Å². The number of rotatable bonds is 7. The predicted octanol–water partition coefficient (Wildman–Crippen LogP) is 2.80. The SMILES string of the molecule is CC(C)NCc1cc(F)ccc1SCCCO. The van der Waals surface area contributed by atoms with Gasteiger partial charge in [-0.2, -0.15) is 0 Å². The average molecular weight is 257 g/mol. The lowest BCUT2D eigenvalue weighted by Gasteiger charge is -2.12. The van der Waals surface area contributed by atoms with Crippen molar-refractivity contribution in [1.29, 1.82) is 0 Å². The van der Waals surface area contributed by atoms with Crippen LogP contribution in [0.2, 0.25) is 0 Å². The first kappa shape index (κ1) is 14.5. The van der Waals surface area contributed by atoms with Gasteiger partial charge < -0.3 is 10.4 Å². The van der Waals surface area contributed by atoms with Crippen molar-refractivity contribution in [3.05, 3.63) is 29.6 Å². The van der Waals surface area contributed by atoms with E-state index in [2.05, 4.69) is 19.2 Å². The van der Waals surface area contributed by atoms with Crippen molar-refractivity contribution in [2.24, 2.45) is 0 Å². The summed E-state index contributed by atoms with van der Waals surface area (Å²) in [6.07, 6.45) is 0.763. The number of aliphatic hydroxyl groups is 1. The number of benzene rings is 1. The summed E-state index contributed by atoms with van der Waals surface area (Å²) in [5.74, 6) is 0.661. The second kappa shape index (κ2) is 7.69. The van der Waals surface area contributed by atoms with E-state index < -0.39 is 0 Å². The van der Waals surface area contributed by atoms with E-state index in [4.69, 9.17) is 5.11 Å². The zero-order valence-corrected chi connectivity index (χ0v) is 11.2. The molecule has 17 heavy (non-hydrogen) atoms.